The zero-order valence-electron chi connectivity index (χ0n) is 14.7. The summed E-state index contributed by atoms with van der Waals surface area (Å²) >= 11 is 0. The second-order valence-corrected chi connectivity index (χ2v) is 6.82. The molecule has 6 nitrogen and oxygen atoms in total. The lowest BCUT2D eigenvalue weighted by Crippen LogP contribution is -2.46. The van der Waals surface area contributed by atoms with E-state index in [1.54, 1.807) is 7.05 Å². The van der Waals surface area contributed by atoms with Gasteiger partial charge in [-0.3, -0.25) is 14.4 Å². The van der Waals surface area contributed by atoms with Gasteiger partial charge in [-0.05, 0) is 24.1 Å². The Balaban J connectivity index is 1.64. The first-order valence-corrected chi connectivity index (χ1v) is 8.89. The van der Waals surface area contributed by atoms with Gasteiger partial charge in [0.25, 0.3) is 0 Å². The maximum atomic E-state index is 12.6. The van der Waals surface area contributed by atoms with Gasteiger partial charge in [-0.1, -0.05) is 12.1 Å². The first-order valence-electron chi connectivity index (χ1n) is 8.89. The number of Topliss-reactive ketones (excluding diaryl/α,β-unsaturated/α-hetero) is 2. The van der Waals surface area contributed by atoms with Gasteiger partial charge in [0.15, 0.2) is 5.78 Å². The lowest BCUT2D eigenvalue weighted by molar-refractivity contribution is -0.141. The summed E-state index contributed by atoms with van der Waals surface area (Å²) in [7, 11) is 1.67. The Hall–Kier alpha value is -2.21. The Labute approximate surface area is 148 Å². The van der Waals surface area contributed by atoms with Crippen molar-refractivity contribution in [3.05, 3.63) is 29.8 Å². The molecule has 1 aliphatic carbocycles. The van der Waals surface area contributed by atoms with Gasteiger partial charge in [-0.25, -0.2) is 0 Å². The SMILES string of the molecule is CN(C(=O)Cc1cccc(N2CCNCC2)c1)C1CCC(=O)CC1=O. The molecule has 1 aromatic carbocycles. The number of rotatable bonds is 4. The molecule has 1 amide bonds. The number of hydrogen-bond acceptors (Lipinski definition) is 5. The fourth-order valence-electron chi connectivity index (χ4n) is 3.53. The third-order valence-corrected chi connectivity index (χ3v) is 5.05. The molecule has 1 unspecified atom stereocenters. The van der Waals surface area contributed by atoms with E-state index in [0.29, 0.717) is 12.8 Å². The van der Waals surface area contributed by atoms with E-state index in [1.807, 2.05) is 12.1 Å². The minimum absolute atomic E-state index is 0.0224. The number of hydrogen-bond donors (Lipinski definition) is 1. The number of nitrogens with zero attached hydrogens (tertiary/aromatic N) is 2. The average molecular weight is 343 g/mol. The summed E-state index contributed by atoms with van der Waals surface area (Å²) in [6.45, 7) is 3.85. The normalized spacial score (nSPS) is 21.3. The maximum Gasteiger partial charge on any atom is 0.227 e. The van der Waals surface area contributed by atoms with Crippen LogP contribution >= 0.6 is 0 Å². The number of piperazine rings is 1. The Kier molecular flexibility index (Phi) is 5.48. The Morgan fingerprint density at radius 3 is 2.76 bits per heavy atom. The second-order valence-electron chi connectivity index (χ2n) is 6.82. The highest BCUT2D eigenvalue weighted by Crippen LogP contribution is 2.20. The molecule has 25 heavy (non-hydrogen) atoms. The Morgan fingerprint density at radius 1 is 1.28 bits per heavy atom. The third-order valence-electron chi connectivity index (χ3n) is 5.05. The lowest BCUT2D eigenvalue weighted by atomic mass is 9.92. The molecule has 134 valence electrons. The van der Waals surface area contributed by atoms with Gasteiger partial charge in [0.1, 0.15) is 5.78 Å². The van der Waals surface area contributed by atoms with Crippen LogP contribution in [0.25, 0.3) is 0 Å². The second kappa shape index (κ2) is 7.78. The number of likely N-dealkylation sites (N-methyl/N-ethyl adjacent to an activating group) is 1. The van der Waals surface area contributed by atoms with Gasteiger partial charge in [0.2, 0.25) is 5.91 Å². The standard InChI is InChI=1S/C19H25N3O3/c1-21(17-6-5-16(23)13-18(17)24)19(25)12-14-3-2-4-15(11-14)22-9-7-20-8-10-22/h2-4,11,17,20H,5-10,12-13H2,1H3. The highest BCUT2D eigenvalue weighted by molar-refractivity contribution is 6.05. The van der Waals surface area contributed by atoms with Crippen LogP contribution in [-0.2, 0) is 20.8 Å². The molecule has 2 fully saturated rings. The Morgan fingerprint density at radius 2 is 2.04 bits per heavy atom. The molecule has 1 aliphatic heterocycles. The molecular weight excluding hydrogens is 318 g/mol. The first-order chi connectivity index (χ1) is 12.0. The number of carbonyl (C=O) groups excluding carboxylic acids is 3. The maximum absolute atomic E-state index is 12.6. The van der Waals surface area contributed by atoms with Crippen LogP contribution in [0.4, 0.5) is 5.69 Å². The highest BCUT2D eigenvalue weighted by Gasteiger charge is 2.32. The van der Waals surface area contributed by atoms with Gasteiger partial charge in [0, 0.05) is 45.3 Å². The number of carbonyl (C=O) groups is 3. The van der Waals surface area contributed by atoms with Crippen LogP contribution in [0.1, 0.15) is 24.8 Å². The Bertz CT molecular complexity index is 668. The first kappa shape index (κ1) is 17.6. The van der Waals surface area contributed by atoms with E-state index in [-0.39, 0.29) is 30.3 Å². The van der Waals surface area contributed by atoms with Crippen molar-refractivity contribution in [2.24, 2.45) is 0 Å². The van der Waals surface area contributed by atoms with Crippen LogP contribution < -0.4 is 10.2 Å². The molecule has 2 aliphatic rings. The van der Waals surface area contributed by atoms with Crippen LogP contribution in [0, 0.1) is 0 Å². The molecule has 1 saturated heterocycles. The molecule has 0 aromatic heterocycles. The summed E-state index contributed by atoms with van der Waals surface area (Å²) in [6.07, 6.45) is 1.06. The van der Waals surface area contributed by atoms with Crippen molar-refractivity contribution in [3.8, 4) is 0 Å². The fourth-order valence-corrected chi connectivity index (χ4v) is 3.53. The van der Waals surface area contributed by atoms with Crippen LogP contribution in [0.5, 0.6) is 0 Å². The zero-order valence-corrected chi connectivity index (χ0v) is 14.7. The monoisotopic (exact) mass is 343 g/mol. The summed E-state index contributed by atoms with van der Waals surface area (Å²) in [6, 6.07) is 7.60. The lowest BCUT2D eigenvalue weighted by Gasteiger charge is -2.30. The predicted molar refractivity (Wildman–Crippen MR) is 95.7 cm³/mol. The average Bonchev–Trinajstić information content (AvgIpc) is 2.62. The predicted octanol–water partition coefficient (Wildman–Crippen LogP) is 0.788. The van der Waals surface area contributed by atoms with E-state index < -0.39 is 6.04 Å². The minimum atomic E-state index is -0.457. The van der Waals surface area contributed by atoms with Crippen LogP contribution in [-0.4, -0.2) is 61.6 Å². The van der Waals surface area contributed by atoms with Crippen molar-refractivity contribution < 1.29 is 14.4 Å². The molecule has 0 bridgehead atoms. The molecule has 3 rings (SSSR count). The third kappa shape index (κ3) is 4.25. The molecule has 1 saturated carbocycles. The van der Waals surface area contributed by atoms with Crippen LogP contribution in [0.3, 0.4) is 0 Å². The number of benzene rings is 1. The van der Waals surface area contributed by atoms with Crippen molar-refractivity contribution in [2.75, 3.05) is 38.1 Å². The van der Waals surface area contributed by atoms with Gasteiger partial charge in [0.05, 0.1) is 18.9 Å². The van der Waals surface area contributed by atoms with E-state index in [1.165, 1.54) is 4.90 Å². The van der Waals surface area contributed by atoms with Gasteiger partial charge in [-0.2, -0.15) is 0 Å². The number of ketones is 2. The quantitative estimate of drug-likeness (QED) is 0.819. The van der Waals surface area contributed by atoms with E-state index in [4.69, 9.17) is 0 Å². The van der Waals surface area contributed by atoms with Gasteiger partial charge in [-0.15, -0.1) is 0 Å². The summed E-state index contributed by atoms with van der Waals surface area (Å²) in [5.74, 6) is -0.238. The molecular formula is C19H25N3O3. The summed E-state index contributed by atoms with van der Waals surface area (Å²) < 4.78 is 0. The number of anilines is 1. The van der Waals surface area contributed by atoms with Crippen molar-refractivity contribution >= 4 is 23.2 Å². The van der Waals surface area contributed by atoms with Crippen molar-refractivity contribution in [1.29, 1.82) is 0 Å². The zero-order chi connectivity index (χ0) is 17.8. The van der Waals surface area contributed by atoms with Crippen molar-refractivity contribution in [1.82, 2.24) is 10.2 Å². The van der Waals surface area contributed by atoms with Gasteiger partial charge < -0.3 is 15.1 Å². The smallest absolute Gasteiger partial charge is 0.227 e. The topological polar surface area (TPSA) is 69.7 Å². The fraction of sp³-hybridized carbons (Fsp3) is 0.526. The molecule has 1 atom stereocenters. The molecule has 0 spiro atoms. The summed E-state index contributed by atoms with van der Waals surface area (Å²) in [5, 5.41) is 3.33. The number of nitrogens with one attached hydrogen (secondary N) is 1. The van der Waals surface area contributed by atoms with E-state index in [9.17, 15) is 14.4 Å². The summed E-state index contributed by atoms with van der Waals surface area (Å²) in [4.78, 5) is 39.8. The van der Waals surface area contributed by atoms with Gasteiger partial charge >= 0.3 is 0 Å². The molecule has 1 heterocycles. The number of amides is 1. The minimum Gasteiger partial charge on any atom is -0.369 e. The molecule has 6 heteroatoms. The largest absolute Gasteiger partial charge is 0.369 e. The van der Waals surface area contributed by atoms with Crippen molar-refractivity contribution in [3.63, 3.8) is 0 Å². The van der Waals surface area contributed by atoms with E-state index in [2.05, 4.69) is 22.3 Å². The van der Waals surface area contributed by atoms with Crippen LogP contribution in [0.2, 0.25) is 0 Å². The molecule has 0 radical (unpaired) electrons. The van der Waals surface area contributed by atoms with Crippen LogP contribution in [0.15, 0.2) is 24.3 Å². The van der Waals surface area contributed by atoms with Crippen molar-refractivity contribution in [2.45, 2.75) is 31.7 Å². The molecule has 1 N–H and O–H groups in total. The summed E-state index contributed by atoms with van der Waals surface area (Å²) in [5.41, 5.74) is 2.08. The highest BCUT2D eigenvalue weighted by atomic mass is 16.2. The van der Waals surface area contributed by atoms with E-state index >= 15 is 0 Å². The molecule has 1 aromatic rings. The van der Waals surface area contributed by atoms with E-state index in [0.717, 1.165) is 37.4 Å².